The fraction of sp³-hybridized carbons (Fsp3) is 0.615. The van der Waals surface area contributed by atoms with E-state index >= 15 is 0 Å². The number of hydrogen-bond acceptors (Lipinski definition) is 4. The van der Waals surface area contributed by atoms with Crippen LogP contribution in [0.1, 0.15) is 26.2 Å². The molecule has 0 aromatic carbocycles. The molecule has 0 bridgehead atoms. The Morgan fingerprint density at radius 1 is 1.42 bits per heavy atom. The van der Waals surface area contributed by atoms with E-state index in [0.29, 0.717) is 25.9 Å². The molecule has 0 atom stereocenters. The van der Waals surface area contributed by atoms with E-state index in [1.807, 2.05) is 6.92 Å². The second-order valence-corrected chi connectivity index (χ2v) is 7.04. The fourth-order valence-corrected chi connectivity index (χ4v) is 3.88. The third-order valence-electron chi connectivity index (χ3n) is 4.14. The average molecular weight is 284 g/mol. The van der Waals surface area contributed by atoms with Crippen LogP contribution in [0.3, 0.4) is 0 Å². The lowest BCUT2D eigenvalue weighted by molar-refractivity contribution is 0.0647. The monoisotopic (exact) mass is 284 g/mol. The van der Waals surface area contributed by atoms with Gasteiger partial charge >= 0.3 is 0 Å². The summed E-state index contributed by atoms with van der Waals surface area (Å²) < 4.78 is 26.3. The summed E-state index contributed by atoms with van der Waals surface area (Å²) >= 11 is 0. The van der Waals surface area contributed by atoms with Gasteiger partial charge in [-0.25, -0.2) is 8.42 Å². The number of aliphatic hydroxyl groups excluding tert-OH is 1. The molecule has 1 aromatic heterocycles. The summed E-state index contributed by atoms with van der Waals surface area (Å²) in [6.07, 6.45) is 5.23. The molecule has 1 aromatic rings. The number of aliphatic hydroxyl groups is 1. The zero-order valence-electron chi connectivity index (χ0n) is 11.1. The minimum atomic E-state index is -3.44. The van der Waals surface area contributed by atoms with Crippen molar-refractivity contribution in [2.24, 2.45) is 5.41 Å². The van der Waals surface area contributed by atoms with Crippen molar-refractivity contribution < 1.29 is 13.5 Å². The number of pyridine rings is 1. The van der Waals surface area contributed by atoms with Crippen molar-refractivity contribution in [2.75, 3.05) is 19.7 Å². The molecular weight excluding hydrogens is 264 g/mol. The third kappa shape index (κ3) is 2.80. The van der Waals surface area contributed by atoms with Gasteiger partial charge in [-0.2, -0.15) is 4.31 Å². The van der Waals surface area contributed by atoms with Crippen molar-refractivity contribution in [1.29, 1.82) is 0 Å². The minimum Gasteiger partial charge on any atom is -0.396 e. The predicted molar refractivity (Wildman–Crippen MR) is 72.0 cm³/mol. The summed E-state index contributed by atoms with van der Waals surface area (Å²) in [5.74, 6) is 0. The maximum atomic E-state index is 12.4. The molecule has 5 nitrogen and oxygen atoms in total. The summed E-state index contributed by atoms with van der Waals surface area (Å²) in [4.78, 5) is 4.10. The van der Waals surface area contributed by atoms with E-state index in [9.17, 15) is 13.5 Å². The molecule has 1 aliphatic heterocycles. The highest BCUT2D eigenvalue weighted by molar-refractivity contribution is 7.89. The average Bonchev–Trinajstić information content (AvgIpc) is 2.48. The highest BCUT2D eigenvalue weighted by Crippen LogP contribution is 2.35. The van der Waals surface area contributed by atoms with Gasteiger partial charge in [-0.3, -0.25) is 4.98 Å². The van der Waals surface area contributed by atoms with Crippen LogP contribution in [0.25, 0.3) is 0 Å². The summed E-state index contributed by atoms with van der Waals surface area (Å²) in [5, 5.41) is 9.47. The van der Waals surface area contributed by atoms with Crippen LogP contribution in [0, 0.1) is 5.41 Å². The zero-order chi connectivity index (χ0) is 13.9. The lowest BCUT2D eigenvalue weighted by Crippen LogP contribution is -2.44. The van der Waals surface area contributed by atoms with E-state index in [2.05, 4.69) is 4.98 Å². The van der Waals surface area contributed by atoms with Crippen LogP contribution in [0.15, 0.2) is 29.4 Å². The number of sulfonamides is 1. The van der Waals surface area contributed by atoms with Crippen molar-refractivity contribution in [3.8, 4) is 0 Å². The summed E-state index contributed by atoms with van der Waals surface area (Å²) in [6.45, 7) is 3.10. The smallest absolute Gasteiger partial charge is 0.244 e. The van der Waals surface area contributed by atoms with E-state index < -0.39 is 10.0 Å². The van der Waals surface area contributed by atoms with E-state index in [1.165, 1.54) is 10.5 Å². The molecule has 2 heterocycles. The Labute approximate surface area is 114 Å². The standard InChI is InChI=1S/C13H20N2O3S/c1-2-13(11-16)5-8-15(9-6-13)19(17,18)12-4-3-7-14-10-12/h3-4,7,10,16H,2,5-6,8-9,11H2,1H3. The van der Waals surface area contributed by atoms with Gasteiger partial charge in [0.1, 0.15) is 4.90 Å². The fourth-order valence-electron chi connectivity index (χ4n) is 2.47. The first-order valence-corrected chi connectivity index (χ1v) is 7.99. The largest absolute Gasteiger partial charge is 0.396 e. The van der Waals surface area contributed by atoms with Crippen LogP contribution in [0.2, 0.25) is 0 Å². The number of piperidine rings is 1. The second-order valence-electron chi connectivity index (χ2n) is 5.10. The second kappa shape index (κ2) is 5.56. The molecule has 1 saturated heterocycles. The topological polar surface area (TPSA) is 70.5 Å². The molecular formula is C13H20N2O3S. The molecule has 2 rings (SSSR count). The first-order chi connectivity index (χ1) is 9.04. The van der Waals surface area contributed by atoms with Crippen LogP contribution in [-0.4, -0.2) is 42.5 Å². The minimum absolute atomic E-state index is 0.110. The van der Waals surface area contributed by atoms with Gasteiger partial charge in [0.25, 0.3) is 0 Å². The molecule has 19 heavy (non-hydrogen) atoms. The molecule has 6 heteroatoms. The molecule has 1 fully saturated rings. The molecule has 0 amide bonds. The SMILES string of the molecule is CCC1(CO)CCN(S(=O)(=O)c2cccnc2)CC1. The first-order valence-electron chi connectivity index (χ1n) is 6.55. The Balaban J connectivity index is 2.14. The zero-order valence-corrected chi connectivity index (χ0v) is 11.9. The molecule has 0 saturated carbocycles. The maximum absolute atomic E-state index is 12.4. The Kier molecular flexibility index (Phi) is 4.23. The normalized spacial score (nSPS) is 20.3. The van der Waals surface area contributed by atoms with E-state index in [0.717, 1.165) is 6.42 Å². The van der Waals surface area contributed by atoms with Gasteiger partial charge in [-0.15, -0.1) is 0 Å². The van der Waals surface area contributed by atoms with Gasteiger partial charge < -0.3 is 5.11 Å². The van der Waals surface area contributed by atoms with Gasteiger partial charge in [-0.05, 0) is 36.8 Å². The predicted octanol–water partition coefficient (Wildman–Crippen LogP) is 1.25. The van der Waals surface area contributed by atoms with Gasteiger partial charge in [0.2, 0.25) is 10.0 Å². The number of rotatable bonds is 4. The number of nitrogens with zero attached hydrogens (tertiary/aromatic N) is 2. The Morgan fingerprint density at radius 2 is 2.11 bits per heavy atom. The van der Waals surface area contributed by atoms with Crippen molar-refractivity contribution in [3.05, 3.63) is 24.5 Å². The van der Waals surface area contributed by atoms with E-state index in [1.54, 1.807) is 18.3 Å². The van der Waals surface area contributed by atoms with Crippen LogP contribution < -0.4 is 0 Å². The number of hydrogen-bond donors (Lipinski definition) is 1. The van der Waals surface area contributed by atoms with Crippen molar-refractivity contribution in [1.82, 2.24) is 9.29 Å². The molecule has 106 valence electrons. The molecule has 0 aliphatic carbocycles. The summed E-state index contributed by atoms with van der Waals surface area (Å²) in [6, 6.07) is 3.19. The summed E-state index contributed by atoms with van der Waals surface area (Å²) in [5.41, 5.74) is -0.110. The lowest BCUT2D eigenvalue weighted by Gasteiger charge is -2.39. The van der Waals surface area contributed by atoms with Gasteiger partial charge in [0.05, 0.1) is 0 Å². The van der Waals surface area contributed by atoms with Gasteiger partial charge in [0, 0.05) is 32.1 Å². The van der Waals surface area contributed by atoms with E-state index in [-0.39, 0.29) is 16.9 Å². The third-order valence-corrected chi connectivity index (χ3v) is 6.02. The van der Waals surface area contributed by atoms with Crippen LogP contribution in [-0.2, 0) is 10.0 Å². The van der Waals surface area contributed by atoms with E-state index in [4.69, 9.17) is 0 Å². The Bertz CT molecular complexity index is 502. The highest BCUT2D eigenvalue weighted by atomic mass is 32.2. The van der Waals surface area contributed by atoms with Gasteiger partial charge in [-0.1, -0.05) is 6.92 Å². The molecule has 0 radical (unpaired) electrons. The van der Waals surface area contributed by atoms with Crippen LogP contribution >= 0.6 is 0 Å². The molecule has 1 aliphatic rings. The molecule has 1 N–H and O–H groups in total. The van der Waals surface area contributed by atoms with Crippen molar-refractivity contribution >= 4 is 10.0 Å². The lowest BCUT2D eigenvalue weighted by atomic mass is 9.77. The summed E-state index contributed by atoms with van der Waals surface area (Å²) in [7, 11) is -3.44. The highest BCUT2D eigenvalue weighted by Gasteiger charge is 2.36. The number of aromatic nitrogens is 1. The van der Waals surface area contributed by atoms with Crippen LogP contribution in [0.5, 0.6) is 0 Å². The van der Waals surface area contributed by atoms with Crippen molar-refractivity contribution in [3.63, 3.8) is 0 Å². The van der Waals surface area contributed by atoms with Crippen molar-refractivity contribution in [2.45, 2.75) is 31.1 Å². The molecule has 0 unspecified atom stereocenters. The quantitative estimate of drug-likeness (QED) is 0.903. The molecule has 0 spiro atoms. The van der Waals surface area contributed by atoms with Gasteiger partial charge in [0.15, 0.2) is 0 Å². The van der Waals surface area contributed by atoms with Crippen LogP contribution in [0.4, 0.5) is 0 Å². The first kappa shape index (κ1) is 14.4. The Hall–Kier alpha value is -0.980. The Morgan fingerprint density at radius 3 is 2.58 bits per heavy atom. The maximum Gasteiger partial charge on any atom is 0.244 e.